The summed E-state index contributed by atoms with van der Waals surface area (Å²) < 4.78 is 1.92. The number of hydrogen-bond acceptors (Lipinski definition) is 5. The molecule has 0 radical (unpaired) electrons. The Balaban J connectivity index is 1.17. The van der Waals surface area contributed by atoms with Gasteiger partial charge in [-0.15, -0.1) is 0 Å². The number of anilines is 1. The molecular weight excluding hydrogens is 352 g/mol. The third-order valence-corrected chi connectivity index (χ3v) is 5.18. The molecule has 1 aromatic carbocycles. The SMILES string of the molecule is O=C(CCNc1cnc2cnccn12)NC1CCN(Cc2ccccc2)CC1. The Labute approximate surface area is 164 Å². The van der Waals surface area contributed by atoms with Crippen LogP contribution in [0.3, 0.4) is 0 Å². The van der Waals surface area contributed by atoms with Crippen molar-refractivity contribution in [2.45, 2.75) is 31.8 Å². The van der Waals surface area contributed by atoms with Crippen LogP contribution in [0.4, 0.5) is 5.82 Å². The third kappa shape index (κ3) is 4.67. The molecule has 2 N–H and O–H groups in total. The van der Waals surface area contributed by atoms with E-state index in [0.717, 1.165) is 43.9 Å². The fraction of sp³-hybridized carbons (Fsp3) is 0.381. The van der Waals surface area contributed by atoms with Gasteiger partial charge < -0.3 is 10.6 Å². The monoisotopic (exact) mass is 378 g/mol. The van der Waals surface area contributed by atoms with E-state index in [1.54, 1.807) is 18.6 Å². The van der Waals surface area contributed by atoms with Crippen molar-refractivity contribution in [2.75, 3.05) is 25.0 Å². The molecule has 0 saturated carbocycles. The van der Waals surface area contributed by atoms with Crippen molar-refractivity contribution in [1.82, 2.24) is 24.6 Å². The van der Waals surface area contributed by atoms with Crippen LogP contribution in [0.1, 0.15) is 24.8 Å². The quantitative estimate of drug-likeness (QED) is 0.660. The second-order valence-corrected chi connectivity index (χ2v) is 7.23. The van der Waals surface area contributed by atoms with E-state index in [2.05, 4.69) is 49.8 Å². The molecule has 0 unspecified atom stereocenters. The van der Waals surface area contributed by atoms with E-state index >= 15 is 0 Å². The Kier molecular flexibility index (Phi) is 5.82. The average molecular weight is 378 g/mol. The molecule has 1 aliphatic rings. The number of fused-ring (bicyclic) bond motifs is 1. The van der Waals surface area contributed by atoms with Crippen LogP contribution in [0.5, 0.6) is 0 Å². The first-order valence-electron chi connectivity index (χ1n) is 9.84. The number of carbonyl (C=O) groups excluding carboxylic acids is 1. The van der Waals surface area contributed by atoms with Crippen molar-refractivity contribution in [3.63, 3.8) is 0 Å². The Bertz CT molecular complexity index is 901. The van der Waals surface area contributed by atoms with E-state index in [0.29, 0.717) is 13.0 Å². The fourth-order valence-corrected chi connectivity index (χ4v) is 3.65. The Hall–Kier alpha value is -2.93. The summed E-state index contributed by atoms with van der Waals surface area (Å²) in [4.78, 5) is 23.1. The highest BCUT2D eigenvalue weighted by molar-refractivity contribution is 5.76. The largest absolute Gasteiger partial charge is 0.369 e. The molecule has 0 atom stereocenters. The molecule has 1 amide bonds. The van der Waals surface area contributed by atoms with Crippen LogP contribution in [0.2, 0.25) is 0 Å². The number of piperidine rings is 1. The molecule has 0 spiro atoms. The van der Waals surface area contributed by atoms with Gasteiger partial charge in [0.15, 0.2) is 5.65 Å². The van der Waals surface area contributed by atoms with E-state index in [1.165, 1.54) is 5.56 Å². The molecular formula is C21H26N6O. The summed E-state index contributed by atoms with van der Waals surface area (Å²) in [5.74, 6) is 0.976. The average Bonchev–Trinajstić information content (AvgIpc) is 3.14. The summed E-state index contributed by atoms with van der Waals surface area (Å²) in [6, 6.07) is 10.8. The van der Waals surface area contributed by atoms with E-state index in [-0.39, 0.29) is 11.9 Å². The number of rotatable bonds is 7. The minimum atomic E-state index is 0.101. The number of benzene rings is 1. The van der Waals surface area contributed by atoms with Crippen molar-refractivity contribution in [1.29, 1.82) is 0 Å². The number of aromatic nitrogens is 3. The molecule has 4 rings (SSSR count). The zero-order valence-electron chi connectivity index (χ0n) is 15.9. The highest BCUT2D eigenvalue weighted by Gasteiger charge is 2.20. The Morgan fingerprint density at radius 3 is 2.79 bits per heavy atom. The van der Waals surface area contributed by atoms with Crippen LogP contribution in [-0.2, 0) is 11.3 Å². The maximum atomic E-state index is 12.3. The van der Waals surface area contributed by atoms with Gasteiger partial charge in [-0.2, -0.15) is 0 Å². The standard InChI is InChI=1S/C21H26N6O/c28-21(6-9-23-20-15-24-19-14-22-10-13-27(19)20)25-18-7-11-26(12-8-18)16-17-4-2-1-3-5-17/h1-5,10,13-15,18,23H,6-9,11-12,16H2,(H,25,28). The van der Waals surface area contributed by atoms with Crippen molar-refractivity contribution in [3.05, 3.63) is 60.7 Å². The summed E-state index contributed by atoms with van der Waals surface area (Å²) in [6.45, 7) is 3.61. The maximum Gasteiger partial charge on any atom is 0.221 e. The lowest BCUT2D eigenvalue weighted by Crippen LogP contribution is -2.44. The first-order valence-corrected chi connectivity index (χ1v) is 9.84. The topological polar surface area (TPSA) is 74.6 Å². The van der Waals surface area contributed by atoms with Crippen LogP contribution in [0.15, 0.2) is 55.1 Å². The normalized spacial score (nSPS) is 15.6. The third-order valence-electron chi connectivity index (χ3n) is 5.18. The van der Waals surface area contributed by atoms with Crippen molar-refractivity contribution in [2.24, 2.45) is 0 Å². The predicted molar refractivity (Wildman–Crippen MR) is 109 cm³/mol. The van der Waals surface area contributed by atoms with Gasteiger partial charge in [0, 0.05) is 51.0 Å². The lowest BCUT2D eigenvalue weighted by molar-refractivity contribution is -0.121. The number of nitrogens with zero attached hydrogens (tertiary/aromatic N) is 4. The molecule has 3 aromatic rings. The molecule has 0 bridgehead atoms. The number of hydrogen-bond donors (Lipinski definition) is 2. The van der Waals surface area contributed by atoms with E-state index in [4.69, 9.17) is 0 Å². The van der Waals surface area contributed by atoms with Gasteiger partial charge in [-0.25, -0.2) is 4.98 Å². The van der Waals surface area contributed by atoms with Crippen LogP contribution in [0, 0.1) is 0 Å². The van der Waals surface area contributed by atoms with Gasteiger partial charge in [0.1, 0.15) is 5.82 Å². The lowest BCUT2D eigenvalue weighted by atomic mass is 10.0. The number of carbonyl (C=O) groups is 1. The zero-order chi connectivity index (χ0) is 19.2. The summed E-state index contributed by atoms with van der Waals surface area (Å²) in [7, 11) is 0. The van der Waals surface area contributed by atoms with Gasteiger partial charge in [-0.1, -0.05) is 30.3 Å². The number of likely N-dealkylation sites (tertiary alicyclic amines) is 1. The van der Waals surface area contributed by atoms with Gasteiger partial charge in [0.05, 0.1) is 12.4 Å². The van der Waals surface area contributed by atoms with Crippen molar-refractivity contribution in [3.8, 4) is 0 Å². The van der Waals surface area contributed by atoms with Crippen molar-refractivity contribution >= 4 is 17.4 Å². The first-order chi connectivity index (χ1) is 13.8. The molecule has 2 aromatic heterocycles. The highest BCUT2D eigenvalue weighted by atomic mass is 16.1. The van der Waals surface area contributed by atoms with Crippen LogP contribution >= 0.6 is 0 Å². The zero-order valence-corrected chi connectivity index (χ0v) is 15.9. The fourth-order valence-electron chi connectivity index (χ4n) is 3.65. The van der Waals surface area contributed by atoms with Crippen LogP contribution < -0.4 is 10.6 Å². The Morgan fingerprint density at radius 1 is 1.14 bits per heavy atom. The van der Waals surface area contributed by atoms with Crippen LogP contribution in [-0.4, -0.2) is 50.9 Å². The molecule has 1 aliphatic heterocycles. The number of imidazole rings is 1. The smallest absolute Gasteiger partial charge is 0.221 e. The maximum absolute atomic E-state index is 12.3. The summed E-state index contributed by atoms with van der Waals surface area (Å²) in [5.41, 5.74) is 2.14. The number of amides is 1. The molecule has 1 saturated heterocycles. The molecule has 3 heterocycles. The lowest BCUT2D eigenvalue weighted by Gasteiger charge is -2.32. The Morgan fingerprint density at radius 2 is 1.96 bits per heavy atom. The molecule has 146 valence electrons. The van der Waals surface area contributed by atoms with Gasteiger partial charge in [-0.3, -0.25) is 19.1 Å². The van der Waals surface area contributed by atoms with Gasteiger partial charge >= 0.3 is 0 Å². The first kappa shape index (κ1) is 18.4. The minimum absolute atomic E-state index is 0.101. The molecule has 28 heavy (non-hydrogen) atoms. The summed E-state index contributed by atoms with van der Waals surface area (Å²) in [5, 5.41) is 6.46. The van der Waals surface area contributed by atoms with Crippen molar-refractivity contribution < 1.29 is 4.79 Å². The second kappa shape index (κ2) is 8.84. The molecule has 1 fully saturated rings. The molecule has 7 nitrogen and oxygen atoms in total. The van der Waals surface area contributed by atoms with Crippen LogP contribution in [0.25, 0.3) is 5.65 Å². The van der Waals surface area contributed by atoms with Gasteiger partial charge in [0.2, 0.25) is 5.91 Å². The van der Waals surface area contributed by atoms with E-state index in [1.807, 2.05) is 16.7 Å². The predicted octanol–water partition coefficient (Wildman–Crippen LogP) is 2.31. The second-order valence-electron chi connectivity index (χ2n) is 7.23. The highest BCUT2D eigenvalue weighted by Crippen LogP contribution is 2.14. The number of nitrogens with one attached hydrogen (secondary N) is 2. The summed E-state index contributed by atoms with van der Waals surface area (Å²) in [6.07, 6.45) is 9.51. The summed E-state index contributed by atoms with van der Waals surface area (Å²) >= 11 is 0. The minimum Gasteiger partial charge on any atom is -0.369 e. The van der Waals surface area contributed by atoms with Gasteiger partial charge in [-0.05, 0) is 18.4 Å². The van der Waals surface area contributed by atoms with E-state index < -0.39 is 0 Å². The van der Waals surface area contributed by atoms with Gasteiger partial charge in [0.25, 0.3) is 0 Å². The molecule has 7 heteroatoms. The molecule has 0 aliphatic carbocycles. The van der Waals surface area contributed by atoms with E-state index in [9.17, 15) is 4.79 Å².